The van der Waals surface area contributed by atoms with E-state index < -0.39 is 29.3 Å². The predicted octanol–water partition coefficient (Wildman–Crippen LogP) is 1.29. The lowest BCUT2D eigenvalue weighted by molar-refractivity contribution is -0.147. The molecular formula is C17H21NO5. The molecule has 2 fully saturated rings. The normalized spacial score (nSPS) is 34.7. The lowest BCUT2D eigenvalue weighted by Crippen LogP contribution is -2.55. The molecular weight excluding hydrogens is 298 g/mol. The zero-order chi connectivity index (χ0) is 16.9. The Morgan fingerprint density at radius 3 is 2.61 bits per heavy atom. The molecule has 6 heteroatoms. The average Bonchev–Trinajstić information content (AvgIpc) is 3.13. The highest BCUT2D eigenvalue weighted by atomic mass is 16.5. The van der Waals surface area contributed by atoms with Gasteiger partial charge in [-0.15, -0.1) is 0 Å². The fourth-order valence-corrected chi connectivity index (χ4v) is 4.37. The number of carboxylic acids is 2. The van der Waals surface area contributed by atoms with Gasteiger partial charge < -0.3 is 20.7 Å². The van der Waals surface area contributed by atoms with Gasteiger partial charge in [0.1, 0.15) is 11.3 Å². The number of ether oxygens (including phenoxy) is 1. The minimum Gasteiger partial charge on any atom is -0.496 e. The van der Waals surface area contributed by atoms with E-state index in [1.54, 1.807) is 7.11 Å². The Kier molecular flexibility index (Phi) is 3.59. The fourth-order valence-electron chi connectivity index (χ4n) is 4.37. The fraction of sp³-hybridized carbons (Fsp3) is 0.529. The van der Waals surface area contributed by atoms with Crippen LogP contribution in [0.5, 0.6) is 5.75 Å². The molecule has 2 aliphatic carbocycles. The van der Waals surface area contributed by atoms with Crippen LogP contribution in [-0.4, -0.2) is 34.8 Å². The predicted molar refractivity (Wildman–Crippen MR) is 82.2 cm³/mol. The second-order valence-electron chi connectivity index (χ2n) is 6.73. The topological polar surface area (TPSA) is 110 Å². The van der Waals surface area contributed by atoms with Crippen LogP contribution in [0, 0.1) is 30.6 Å². The molecule has 2 aliphatic rings. The molecule has 1 aromatic rings. The van der Waals surface area contributed by atoms with Crippen molar-refractivity contribution in [3.63, 3.8) is 0 Å². The maximum Gasteiger partial charge on any atom is 0.324 e. The Morgan fingerprint density at radius 2 is 2.09 bits per heavy atom. The van der Waals surface area contributed by atoms with Crippen LogP contribution >= 0.6 is 0 Å². The number of hydrogen-bond donors (Lipinski definition) is 3. The number of benzene rings is 1. The zero-order valence-corrected chi connectivity index (χ0v) is 13.2. The van der Waals surface area contributed by atoms with Crippen molar-refractivity contribution < 1.29 is 24.5 Å². The summed E-state index contributed by atoms with van der Waals surface area (Å²) < 4.78 is 5.23. The van der Waals surface area contributed by atoms with E-state index in [1.807, 2.05) is 25.1 Å². The van der Waals surface area contributed by atoms with Crippen LogP contribution in [0.15, 0.2) is 18.2 Å². The maximum atomic E-state index is 11.8. The van der Waals surface area contributed by atoms with Gasteiger partial charge in [-0.2, -0.15) is 0 Å². The molecule has 4 N–H and O–H groups in total. The molecule has 5 unspecified atom stereocenters. The second-order valence-corrected chi connectivity index (χ2v) is 6.73. The van der Waals surface area contributed by atoms with E-state index in [1.165, 1.54) is 0 Å². The Hall–Kier alpha value is -2.08. The number of hydrogen-bond acceptors (Lipinski definition) is 4. The first-order valence-electron chi connectivity index (χ1n) is 7.69. The highest BCUT2D eigenvalue weighted by molar-refractivity contribution is 5.85. The van der Waals surface area contributed by atoms with Crippen LogP contribution < -0.4 is 10.5 Å². The van der Waals surface area contributed by atoms with Crippen molar-refractivity contribution in [1.29, 1.82) is 0 Å². The molecule has 5 atom stereocenters. The first kappa shape index (κ1) is 15.8. The van der Waals surface area contributed by atoms with Gasteiger partial charge in [-0.25, -0.2) is 0 Å². The summed E-state index contributed by atoms with van der Waals surface area (Å²) in [6, 6.07) is 5.74. The van der Waals surface area contributed by atoms with Gasteiger partial charge in [-0.1, -0.05) is 12.1 Å². The van der Waals surface area contributed by atoms with Crippen LogP contribution in [0.25, 0.3) is 0 Å². The van der Waals surface area contributed by atoms with E-state index in [0.29, 0.717) is 12.8 Å². The lowest BCUT2D eigenvalue weighted by atomic mass is 9.78. The molecule has 6 nitrogen and oxygen atoms in total. The van der Waals surface area contributed by atoms with Crippen molar-refractivity contribution in [3.8, 4) is 5.75 Å². The van der Waals surface area contributed by atoms with Crippen molar-refractivity contribution in [2.45, 2.75) is 25.3 Å². The van der Waals surface area contributed by atoms with Gasteiger partial charge in [0.2, 0.25) is 0 Å². The molecule has 0 aromatic heterocycles. The van der Waals surface area contributed by atoms with Crippen molar-refractivity contribution >= 4 is 11.9 Å². The van der Waals surface area contributed by atoms with E-state index in [2.05, 4.69) is 0 Å². The first-order valence-corrected chi connectivity index (χ1v) is 7.69. The van der Waals surface area contributed by atoms with Crippen molar-refractivity contribution in [2.24, 2.45) is 29.4 Å². The number of fused-ring (bicyclic) bond motifs is 1. The second kappa shape index (κ2) is 5.23. The Balaban J connectivity index is 1.83. The van der Waals surface area contributed by atoms with Gasteiger partial charge >= 0.3 is 11.9 Å². The van der Waals surface area contributed by atoms with E-state index in [-0.39, 0.29) is 11.8 Å². The van der Waals surface area contributed by atoms with Crippen LogP contribution in [-0.2, 0) is 16.0 Å². The molecule has 0 spiro atoms. The van der Waals surface area contributed by atoms with E-state index in [0.717, 1.165) is 16.9 Å². The van der Waals surface area contributed by atoms with Crippen LogP contribution in [0.4, 0.5) is 0 Å². The summed E-state index contributed by atoms with van der Waals surface area (Å²) in [6.07, 6.45) is 1.09. The highest BCUT2D eigenvalue weighted by Gasteiger charge is 2.73. The highest BCUT2D eigenvalue weighted by Crippen LogP contribution is 2.64. The van der Waals surface area contributed by atoms with E-state index >= 15 is 0 Å². The molecule has 0 heterocycles. The molecule has 3 rings (SSSR count). The average molecular weight is 319 g/mol. The van der Waals surface area contributed by atoms with Crippen molar-refractivity contribution in [3.05, 3.63) is 29.3 Å². The van der Waals surface area contributed by atoms with Gasteiger partial charge in [0.05, 0.1) is 13.0 Å². The molecule has 0 bridgehead atoms. The minimum atomic E-state index is -1.46. The monoisotopic (exact) mass is 319 g/mol. The molecule has 0 radical (unpaired) electrons. The molecule has 0 aliphatic heterocycles. The lowest BCUT2D eigenvalue weighted by Gasteiger charge is -2.31. The molecule has 0 saturated heterocycles. The van der Waals surface area contributed by atoms with Crippen LogP contribution in [0.1, 0.15) is 17.5 Å². The number of rotatable bonds is 5. The van der Waals surface area contributed by atoms with Gasteiger partial charge in [0.25, 0.3) is 0 Å². The van der Waals surface area contributed by atoms with E-state index in [4.69, 9.17) is 10.5 Å². The largest absolute Gasteiger partial charge is 0.496 e. The molecule has 124 valence electrons. The number of nitrogens with two attached hydrogens (primary N) is 1. The van der Waals surface area contributed by atoms with Crippen LogP contribution in [0.3, 0.4) is 0 Å². The van der Waals surface area contributed by atoms with Gasteiger partial charge in [0.15, 0.2) is 0 Å². The van der Waals surface area contributed by atoms with Crippen molar-refractivity contribution in [1.82, 2.24) is 0 Å². The Morgan fingerprint density at radius 1 is 1.39 bits per heavy atom. The first-order chi connectivity index (χ1) is 10.8. The number of aliphatic carboxylic acids is 2. The Bertz CT molecular complexity index is 673. The van der Waals surface area contributed by atoms with Gasteiger partial charge in [-0.05, 0) is 48.8 Å². The number of aryl methyl sites for hydroxylation is 1. The summed E-state index contributed by atoms with van der Waals surface area (Å²) in [5.41, 5.74) is 6.74. The molecule has 2 saturated carbocycles. The molecule has 1 aromatic carbocycles. The summed E-state index contributed by atoms with van der Waals surface area (Å²) in [5.74, 6) is -2.67. The molecule has 23 heavy (non-hydrogen) atoms. The quantitative estimate of drug-likeness (QED) is 0.754. The minimum absolute atomic E-state index is 0.113. The third kappa shape index (κ3) is 2.28. The van der Waals surface area contributed by atoms with Crippen molar-refractivity contribution in [2.75, 3.05) is 7.11 Å². The smallest absolute Gasteiger partial charge is 0.324 e. The standard InChI is InChI=1S/C17H21NO5/c1-8-5-9(3-4-12(8)23-2)6-10-7-11-13(15(19)20)14(11)17(10,18)16(21)22/h3-5,10-11,13-14H,6-7,18H2,1-2H3,(H,19,20)(H,21,22). The summed E-state index contributed by atoms with van der Waals surface area (Å²) >= 11 is 0. The van der Waals surface area contributed by atoms with E-state index in [9.17, 15) is 19.8 Å². The number of carbonyl (C=O) groups is 2. The third-order valence-electron chi connectivity index (χ3n) is 5.55. The summed E-state index contributed by atoms with van der Waals surface area (Å²) in [5, 5.41) is 18.8. The molecule has 0 amide bonds. The third-order valence-corrected chi connectivity index (χ3v) is 5.55. The Labute approximate surface area is 134 Å². The SMILES string of the molecule is COc1ccc(CC2CC3C(C(=O)O)C3C2(N)C(=O)O)cc1C. The zero-order valence-electron chi connectivity index (χ0n) is 13.2. The number of methoxy groups -OCH3 is 1. The van der Waals surface area contributed by atoms with Crippen LogP contribution in [0.2, 0.25) is 0 Å². The maximum absolute atomic E-state index is 11.8. The number of carboxylic acid groups (broad SMARTS) is 2. The van der Waals surface area contributed by atoms with Gasteiger partial charge in [0, 0.05) is 5.92 Å². The van der Waals surface area contributed by atoms with Gasteiger partial charge in [-0.3, -0.25) is 9.59 Å². The summed E-state index contributed by atoms with van der Waals surface area (Å²) in [7, 11) is 1.61. The summed E-state index contributed by atoms with van der Waals surface area (Å²) in [6.45, 7) is 1.93. The summed E-state index contributed by atoms with van der Waals surface area (Å²) in [4.78, 5) is 23.0.